The summed E-state index contributed by atoms with van der Waals surface area (Å²) in [5.74, 6) is 1.11. The highest BCUT2D eigenvalue weighted by Crippen LogP contribution is 2.27. The Morgan fingerprint density at radius 3 is 2.17 bits per heavy atom. The van der Waals surface area contributed by atoms with Gasteiger partial charge in [0.25, 0.3) is 5.91 Å². The molecule has 1 unspecified atom stereocenters. The Bertz CT molecular complexity index is 803. The number of nitrogens with one attached hydrogen (secondary N) is 1. The van der Waals surface area contributed by atoms with E-state index in [1.807, 2.05) is 37.3 Å². The van der Waals surface area contributed by atoms with E-state index in [4.69, 9.17) is 14.2 Å². The molecule has 1 N–H and O–H groups in total. The van der Waals surface area contributed by atoms with E-state index in [1.54, 1.807) is 44.2 Å². The summed E-state index contributed by atoms with van der Waals surface area (Å²) in [4.78, 5) is 26.9. The summed E-state index contributed by atoms with van der Waals surface area (Å²) >= 11 is 0. The van der Waals surface area contributed by atoms with E-state index in [-0.39, 0.29) is 18.4 Å². The van der Waals surface area contributed by atoms with Gasteiger partial charge in [-0.1, -0.05) is 30.3 Å². The summed E-state index contributed by atoms with van der Waals surface area (Å²) in [7, 11) is 3.09. The normalized spacial score (nSPS) is 11.3. The minimum atomic E-state index is -0.607. The molecule has 1 atom stereocenters. The lowest BCUT2D eigenvalue weighted by Gasteiger charge is -2.28. The molecule has 162 valence electrons. The third kappa shape index (κ3) is 6.69. The quantitative estimate of drug-likeness (QED) is 0.612. The summed E-state index contributed by atoms with van der Waals surface area (Å²) in [5.41, 5.74) is 1.09. The monoisotopic (exact) mass is 414 g/mol. The molecule has 2 aromatic carbocycles. The van der Waals surface area contributed by atoms with Crippen molar-refractivity contribution in [3.8, 4) is 17.2 Å². The first-order valence-corrected chi connectivity index (χ1v) is 9.95. The van der Waals surface area contributed by atoms with Crippen molar-refractivity contribution >= 4 is 11.8 Å². The number of hydrogen-bond acceptors (Lipinski definition) is 5. The van der Waals surface area contributed by atoms with Crippen LogP contribution in [0.15, 0.2) is 48.5 Å². The van der Waals surface area contributed by atoms with Gasteiger partial charge in [-0.15, -0.1) is 0 Å². The van der Waals surface area contributed by atoms with Gasteiger partial charge in [0.1, 0.15) is 23.3 Å². The van der Waals surface area contributed by atoms with Crippen molar-refractivity contribution in [2.45, 2.75) is 26.3 Å². The number of nitrogens with zero attached hydrogens (tertiary/aromatic N) is 1. The van der Waals surface area contributed by atoms with Gasteiger partial charge in [0.15, 0.2) is 6.61 Å². The smallest absolute Gasteiger partial charge is 0.261 e. The maximum atomic E-state index is 13.0. The van der Waals surface area contributed by atoms with E-state index in [0.717, 1.165) is 5.56 Å². The van der Waals surface area contributed by atoms with Crippen LogP contribution >= 0.6 is 0 Å². The molecule has 0 aliphatic carbocycles. The highest BCUT2D eigenvalue weighted by Gasteiger charge is 2.25. The molecule has 0 aliphatic heterocycles. The zero-order valence-corrected chi connectivity index (χ0v) is 18.0. The van der Waals surface area contributed by atoms with Crippen molar-refractivity contribution in [3.63, 3.8) is 0 Å². The molecule has 7 nitrogen and oxygen atoms in total. The van der Waals surface area contributed by atoms with E-state index in [9.17, 15) is 9.59 Å². The third-order valence-corrected chi connectivity index (χ3v) is 4.69. The maximum Gasteiger partial charge on any atom is 0.261 e. The van der Waals surface area contributed by atoms with Gasteiger partial charge in [-0.3, -0.25) is 9.59 Å². The first kappa shape index (κ1) is 23.1. The van der Waals surface area contributed by atoms with Gasteiger partial charge in [0.2, 0.25) is 5.91 Å². The molecule has 0 aromatic heterocycles. The van der Waals surface area contributed by atoms with Crippen LogP contribution in [0, 0.1) is 0 Å². The van der Waals surface area contributed by atoms with E-state index in [1.165, 1.54) is 0 Å². The van der Waals surface area contributed by atoms with Gasteiger partial charge < -0.3 is 24.4 Å². The zero-order valence-electron chi connectivity index (χ0n) is 18.0. The Morgan fingerprint density at radius 2 is 1.60 bits per heavy atom. The lowest BCUT2D eigenvalue weighted by atomic mass is 10.1. The van der Waals surface area contributed by atoms with Crippen LogP contribution in [0.3, 0.4) is 0 Å². The van der Waals surface area contributed by atoms with E-state index in [0.29, 0.717) is 36.8 Å². The molecule has 0 heterocycles. The Hall–Kier alpha value is -3.22. The molecule has 0 fully saturated rings. The van der Waals surface area contributed by atoms with Crippen molar-refractivity contribution in [2.75, 3.05) is 33.9 Å². The van der Waals surface area contributed by atoms with Crippen LogP contribution in [-0.4, -0.2) is 56.7 Å². The molecule has 0 saturated carbocycles. The van der Waals surface area contributed by atoms with Crippen molar-refractivity contribution in [2.24, 2.45) is 0 Å². The average molecular weight is 415 g/mol. The van der Waals surface area contributed by atoms with Gasteiger partial charge in [-0.05, 0) is 25.8 Å². The fourth-order valence-corrected chi connectivity index (χ4v) is 2.98. The van der Waals surface area contributed by atoms with Gasteiger partial charge in [0, 0.05) is 31.3 Å². The van der Waals surface area contributed by atoms with E-state index >= 15 is 0 Å². The zero-order chi connectivity index (χ0) is 21.9. The number of hydrogen-bond donors (Lipinski definition) is 1. The minimum Gasteiger partial charge on any atom is -0.496 e. The molecule has 0 saturated heterocycles. The van der Waals surface area contributed by atoms with Crippen LogP contribution in [0.2, 0.25) is 0 Å². The Balaban J connectivity index is 2.10. The number of amides is 2. The number of carbonyl (C=O) groups is 2. The molecule has 0 aliphatic rings. The predicted octanol–water partition coefficient (Wildman–Crippen LogP) is 2.68. The first-order valence-electron chi connectivity index (χ1n) is 9.95. The molecule has 0 bridgehead atoms. The summed E-state index contributed by atoms with van der Waals surface area (Å²) in [6.45, 7) is 4.29. The van der Waals surface area contributed by atoms with Gasteiger partial charge in [0.05, 0.1) is 14.2 Å². The predicted molar refractivity (Wildman–Crippen MR) is 115 cm³/mol. The van der Waals surface area contributed by atoms with Crippen LogP contribution < -0.4 is 19.5 Å². The second kappa shape index (κ2) is 11.7. The number of ether oxygens (including phenoxy) is 3. The summed E-state index contributed by atoms with van der Waals surface area (Å²) in [5, 5.41) is 2.78. The Labute approximate surface area is 177 Å². The summed E-state index contributed by atoms with van der Waals surface area (Å²) in [6, 6.07) is 14.3. The lowest BCUT2D eigenvalue weighted by molar-refractivity contribution is -0.141. The summed E-state index contributed by atoms with van der Waals surface area (Å²) < 4.78 is 16.1. The van der Waals surface area contributed by atoms with Crippen LogP contribution in [-0.2, 0) is 16.0 Å². The first-order chi connectivity index (χ1) is 14.5. The highest BCUT2D eigenvalue weighted by molar-refractivity contribution is 5.87. The van der Waals surface area contributed by atoms with E-state index in [2.05, 4.69) is 5.32 Å². The second-order valence-corrected chi connectivity index (χ2v) is 6.73. The lowest BCUT2D eigenvalue weighted by Crippen LogP contribution is -2.50. The molecule has 0 radical (unpaired) electrons. The number of likely N-dealkylation sites (N-methyl/N-ethyl adjacent to an activating group) is 1. The van der Waals surface area contributed by atoms with Crippen LogP contribution in [0.25, 0.3) is 0 Å². The van der Waals surface area contributed by atoms with Crippen molar-refractivity contribution < 1.29 is 23.8 Å². The van der Waals surface area contributed by atoms with Crippen molar-refractivity contribution in [1.82, 2.24) is 10.2 Å². The highest BCUT2D eigenvalue weighted by atomic mass is 16.5. The SMILES string of the molecule is CCNC(=O)C(C)N(CCc1ccccc1)C(=O)COc1cc(OC)cc(OC)c1. The van der Waals surface area contributed by atoms with E-state index < -0.39 is 6.04 Å². The van der Waals surface area contributed by atoms with Gasteiger partial charge >= 0.3 is 0 Å². The number of carbonyl (C=O) groups excluding carboxylic acids is 2. The number of benzene rings is 2. The van der Waals surface area contributed by atoms with Gasteiger partial charge in [-0.25, -0.2) is 0 Å². The molecular formula is C23H30N2O5. The molecular weight excluding hydrogens is 384 g/mol. The second-order valence-electron chi connectivity index (χ2n) is 6.73. The largest absolute Gasteiger partial charge is 0.496 e. The van der Waals surface area contributed by atoms with Crippen LogP contribution in [0.5, 0.6) is 17.2 Å². The molecule has 2 rings (SSSR count). The van der Waals surface area contributed by atoms with Crippen molar-refractivity contribution in [1.29, 1.82) is 0 Å². The molecule has 0 spiro atoms. The van der Waals surface area contributed by atoms with Crippen molar-refractivity contribution in [3.05, 3.63) is 54.1 Å². The molecule has 30 heavy (non-hydrogen) atoms. The number of rotatable bonds is 11. The third-order valence-electron chi connectivity index (χ3n) is 4.69. The number of methoxy groups -OCH3 is 2. The summed E-state index contributed by atoms with van der Waals surface area (Å²) in [6.07, 6.45) is 0.642. The average Bonchev–Trinajstić information content (AvgIpc) is 2.78. The maximum absolute atomic E-state index is 13.0. The Kier molecular flexibility index (Phi) is 9.00. The standard InChI is InChI=1S/C23H30N2O5/c1-5-24-23(27)17(2)25(12-11-18-9-7-6-8-10-18)22(26)16-30-21-14-19(28-3)13-20(15-21)29-4/h6-10,13-15,17H,5,11-12,16H2,1-4H3,(H,24,27). The topological polar surface area (TPSA) is 77.1 Å². The minimum absolute atomic E-state index is 0.193. The molecule has 2 amide bonds. The fourth-order valence-electron chi connectivity index (χ4n) is 2.98. The molecule has 2 aromatic rings. The van der Waals surface area contributed by atoms with Crippen LogP contribution in [0.4, 0.5) is 0 Å². The van der Waals surface area contributed by atoms with Gasteiger partial charge in [-0.2, -0.15) is 0 Å². The fraction of sp³-hybridized carbons (Fsp3) is 0.391. The Morgan fingerprint density at radius 1 is 1.00 bits per heavy atom. The van der Waals surface area contributed by atoms with Crippen LogP contribution in [0.1, 0.15) is 19.4 Å². The molecule has 7 heteroatoms.